The minimum atomic E-state index is -3.81. The first-order valence-electron chi connectivity index (χ1n) is 9.84. The summed E-state index contributed by atoms with van der Waals surface area (Å²) in [5.41, 5.74) is 2.26. The van der Waals surface area contributed by atoms with Gasteiger partial charge in [-0.1, -0.05) is 41.4 Å². The van der Waals surface area contributed by atoms with Crippen molar-refractivity contribution >= 4 is 58.0 Å². The van der Waals surface area contributed by atoms with E-state index >= 15 is 0 Å². The van der Waals surface area contributed by atoms with Crippen LogP contribution in [-0.2, 0) is 10.0 Å². The second-order valence-corrected chi connectivity index (χ2v) is 9.68. The molecule has 0 aliphatic carbocycles. The smallest absolute Gasteiger partial charge is 0.240 e. The van der Waals surface area contributed by atoms with E-state index in [1.165, 1.54) is 6.20 Å². The zero-order valence-electron chi connectivity index (χ0n) is 17.1. The van der Waals surface area contributed by atoms with E-state index in [1.54, 1.807) is 16.6 Å². The SMILES string of the molecule is [B]c1cnn2c(NCCCNS(=O)(=O)c3ccc(F)c(Cl)c3)cc(-c3ccccc3Cl)nc12. The number of sulfonamides is 1. The monoisotopic (exact) mass is 503 g/mol. The van der Waals surface area contributed by atoms with E-state index in [2.05, 4.69) is 20.1 Å². The van der Waals surface area contributed by atoms with Crippen LogP contribution in [0.4, 0.5) is 10.2 Å². The lowest BCUT2D eigenvalue weighted by Crippen LogP contribution is -2.26. The molecule has 0 aliphatic heterocycles. The molecule has 0 bridgehead atoms. The number of aromatic nitrogens is 3. The molecular weight excluding hydrogens is 487 g/mol. The van der Waals surface area contributed by atoms with E-state index in [1.807, 2.05) is 18.2 Å². The Kier molecular flexibility index (Phi) is 6.90. The molecule has 2 heterocycles. The number of anilines is 1. The Hall–Kier alpha value is -2.66. The van der Waals surface area contributed by atoms with Gasteiger partial charge in [-0.25, -0.2) is 22.5 Å². The van der Waals surface area contributed by atoms with Crippen LogP contribution in [-0.4, -0.2) is 44.0 Å². The maximum absolute atomic E-state index is 13.3. The number of nitrogens with zero attached hydrogens (tertiary/aromatic N) is 3. The zero-order valence-corrected chi connectivity index (χ0v) is 19.4. The Balaban J connectivity index is 1.45. The van der Waals surface area contributed by atoms with Crippen LogP contribution in [0.3, 0.4) is 0 Å². The van der Waals surface area contributed by atoms with Gasteiger partial charge in [-0.3, -0.25) is 0 Å². The molecule has 0 aliphatic rings. The van der Waals surface area contributed by atoms with E-state index in [0.717, 1.165) is 23.8 Å². The van der Waals surface area contributed by atoms with Gasteiger partial charge in [0.15, 0.2) is 5.65 Å². The summed E-state index contributed by atoms with van der Waals surface area (Å²) >= 11 is 12.0. The summed E-state index contributed by atoms with van der Waals surface area (Å²) < 4.78 is 42.1. The summed E-state index contributed by atoms with van der Waals surface area (Å²) in [5.74, 6) is -0.0568. The molecule has 12 heteroatoms. The van der Waals surface area contributed by atoms with Crippen LogP contribution in [0.5, 0.6) is 0 Å². The van der Waals surface area contributed by atoms with Crippen LogP contribution in [0.2, 0.25) is 10.0 Å². The lowest BCUT2D eigenvalue weighted by atomic mass is 10.0. The number of halogens is 3. The van der Waals surface area contributed by atoms with E-state index in [-0.39, 0.29) is 16.5 Å². The molecule has 0 spiro atoms. The van der Waals surface area contributed by atoms with Crippen molar-refractivity contribution in [1.29, 1.82) is 0 Å². The highest BCUT2D eigenvalue weighted by Crippen LogP contribution is 2.28. The van der Waals surface area contributed by atoms with Crippen molar-refractivity contribution in [3.63, 3.8) is 0 Å². The molecule has 7 nitrogen and oxygen atoms in total. The van der Waals surface area contributed by atoms with Crippen molar-refractivity contribution < 1.29 is 12.8 Å². The normalized spacial score (nSPS) is 11.7. The average Bonchev–Trinajstić information content (AvgIpc) is 3.16. The Morgan fingerprint density at radius 2 is 1.85 bits per heavy atom. The van der Waals surface area contributed by atoms with Gasteiger partial charge < -0.3 is 5.32 Å². The van der Waals surface area contributed by atoms with Gasteiger partial charge in [-0.15, -0.1) is 0 Å². The van der Waals surface area contributed by atoms with E-state index in [0.29, 0.717) is 40.6 Å². The van der Waals surface area contributed by atoms with E-state index < -0.39 is 15.8 Å². The highest BCUT2D eigenvalue weighted by atomic mass is 35.5. The van der Waals surface area contributed by atoms with Gasteiger partial charge >= 0.3 is 0 Å². The van der Waals surface area contributed by atoms with Crippen molar-refractivity contribution in [1.82, 2.24) is 19.3 Å². The molecule has 0 amide bonds. The van der Waals surface area contributed by atoms with Crippen LogP contribution < -0.4 is 15.5 Å². The molecular formula is C21H17BCl2FN5O2S. The summed E-state index contributed by atoms with van der Waals surface area (Å²) in [6.45, 7) is 0.574. The number of hydrogen-bond donors (Lipinski definition) is 2. The molecule has 0 saturated carbocycles. The quantitative estimate of drug-likeness (QED) is 0.284. The fraction of sp³-hybridized carbons (Fsp3) is 0.143. The van der Waals surface area contributed by atoms with Crippen molar-refractivity contribution in [2.24, 2.45) is 0 Å². The third-order valence-electron chi connectivity index (χ3n) is 4.80. The molecule has 2 aromatic carbocycles. The standard InChI is InChI=1S/C21H17BCl2FN5O2S/c22-15-12-27-30-20(11-19(29-21(15)30)14-4-1-2-5-16(14)23)26-8-3-9-28-33(31,32)13-6-7-18(25)17(24)10-13/h1-2,4-7,10-12,26,28H,3,8-9H2. The van der Waals surface area contributed by atoms with Crippen LogP contribution in [0.15, 0.2) is 59.6 Å². The topological polar surface area (TPSA) is 88.4 Å². The minimum absolute atomic E-state index is 0.103. The molecule has 0 fully saturated rings. The molecule has 0 saturated heterocycles. The maximum Gasteiger partial charge on any atom is 0.240 e. The molecule has 2 radical (unpaired) electrons. The molecule has 168 valence electrons. The Bertz CT molecular complexity index is 1430. The van der Waals surface area contributed by atoms with Crippen molar-refractivity contribution in [3.8, 4) is 11.3 Å². The number of benzene rings is 2. The first-order valence-corrected chi connectivity index (χ1v) is 12.1. The van der Waals surface area contributed by atoms with Crippen LogP contribution >= 0.6 is 23.2 Å². The van der Waals surface area contributed by atoms with Crippen LogP contribution in [0, 0.1) is 5.82 Å². The Morgan fingerprint density at radius 3 is 2.61 bits per heavy atom. The maximum atomic E-state index is 13.3. The number of nitrogens with one attached hydrogen (secondary N) is 2. The zero-order chi connectivity index (χ0) is 23.6. The molecule has 0 unspecified atom stereocenters. The van der Waals surface area contributed by atoms with Gasteiger partial charge in [0, 0.05) is 35.9 Å². The average molecular weight is 504 g/mol. The van der Waals surface area contributed by atoms with Crippen molar-refractivity contribution in [2.75, 3.05) is 18.4 Å². The summed E-state index contributed by atoms with van der Waals surface area (Å²) in [6.07, 6.45) is 1.96. The second-order valence-electron chi connectivity index (χ2n) is 7.10. The predicted molar refractivity (Wildman–Crippen MR) is 129 cm³/mol. The van der Waals surface area contributed by atoms with Crippen LogP contribution in [0.1, 0.15) is 6.42 Å². The summed E-state index contributed by atoms with van der Waals surface area (Å²) in [6, 6.07) is 12.4. The Morgan fingerprint density at radius 1 is 1.06 bits per heavy atom. The number of rotatable bonds is 8. The molecule has 4 aromatic rings. The van der Waals surface area contributed by atoms with E-state index in [9.17, 15) is 12.8 Å². The first-order chi connectivity index (χ1) is 15.8. The van der Waals surface area contributed by atoms with Gasteiger partial charge in [-0.05, 0) is 36.1 Å². The van der Waals surface area contributed by atoms with Gasteiger partial charge in [0.05, 0.1) is 15.6 Å². The third-order valence-corrected chi connectivity index (χ3v) is 6.88. The first kappa shape index (κ1) is 23.5. The summed E-state index contributed by atoms with van der Waals surface area (Å²) in [7, 11) is 2.20. The van der Waals surface area contributed by atoms with Gasteiger partial charge in [-0.2, -0.15) is 9.61 Å². The van der Waals surface area contributed by atoms with Crippen molar-refractivity contribution in [2.45, 2.75) is 11.3 Å². The Labute approximate surface area is 201 Å². The number of fused-ring (bicyclic) bond motifs is 1. The lowest BCUT2D eigenvalue weighted by molar-refractivity contribution is 0.579. The molecule has 4 rings (SSSR count). The second kappa shape index (κ2) is 9.68. The van der Waals surface area contributed by atoms with E-state index in [4.69, 9.17) is 31.0 Å². The summed E-state index contributed by atoms with van der Waals surface area (Å²) in [4.78, 5) is 4.47. The highest BCUT2D eigenvalue weighted by molar-refractivity contribution is 7.89. The third kappa shape index (κ3) is 5.14. The fourth-order valence-electron chi connectivity index (χ4n) is 3.15. The largest absolute Gasteiger partial charge is 0.370 e. The van der Waals surface area contributed by atoms with Gasteiger partial charge in [0.1, 0.15) is 19.5 Å². The van der Waals surface area contributed by atoms with Crippen LogP contribution in [0.25, 0.3) is 16.9 Å². The molecule has 2 N–H and O–H groups in total. The van der Waals surface area contributed by atoms with Gasteiger partial charge in [0.25, 0.3) is 0 Å². The minimum Gasteiger partial charge on any atom is -0.370 e. The molecule has 33 heavy (non-hydrogen) atoms. The lowest BCUT2D eigenvalue weighted by Gasteiger charge is -2.12. The number of hydrogen-bond acceptors (Lipinski definition) is 5. The summed E-state index contributed by atoms with van der Waals surface area (Å²) in [5, 5.41) is 7.77. The fourth-order valence-corrected chi connectivity index (χ4v) is 4.73. The molecule has 2 aromatic heterocycles. The predicted octanol–water partition coefficient (Wildman–Crippen LogP) is 3.42. The van der Waals surface area contributed by atoms with Crippen molar-refractivity contribution in [3.05, 3.63) is 70.6 Å². The molecule has 0 atom stereocenters. The highest BCUT2D eigenvalue weighted by Gasteiger charge is 2.16. The van der Waals surface area contributed by atoms with Gasteiger partial charge in [0.2, 0.25) is 10.0 Å².